The van der Waals surface area contributed by atoms with Crippen LogP contribution in [0.15, 0.2) is 18.0 Å². The van der Waals surface area contributed by atoms with Crippen LogP contribution in [0.4, 0.5) is 15.8 Å². The Balaban J connectivity index is 1.54. The number of aliphatic carboxylic acids is 1. The molecule has 1 saturated heterocycles. The van der Waals surface area contributed by atoms with Crippen LogP contribution in [-0.2, 0) is 4.79 Å². The maximum Gasteiger partial charge on any atom is 0.373 e. The predicted octanol–water partition coefficient (Wildman–Crippen LogP) is 2.95. The zero-order chi connectivity index (χ0) is 18.9. The smallest absolute Gasteiger partial charge is 0.373 e. The molecule has 2 unspecified atom stereocenters. The number of hydrogen-bond acceptors (Lipinski definition) is 5. The number of fused-ring (bicyclic) bond motifs is 1. The van der Waals surface area contributed by atoms with Gasteiger partial charge >= 0.3 is 5.97 Å². The van der Waals surface area contributed by atoms with Crippen molar-refractivity contribution in [1.29, 1.82) is 0 Å². The van der Waals surface area contributed by atoms with Gasteiger partial charge in [-0.3, -0.25) is 0 Å². The first kappa shape index (κ1) is 17.1. The molecule has 2 N–H and O–H groups in total. The van der Waals surface area contributed by atoms with Crippen LogP contribution in [0.25, 0.3) is 0 Å². The Morgan fingerprint density at radius 1 is 1.44 bits per heavy atom. The molecule has 3 fully saturated rings. The molecule has 1 aromatic carbocycles. The zero-order valence-corrected chi connectivity index (χ0v) is 15.7. The Morgan fingerprint density at radius 3 is 2.85 bits per heavy atom. The lowest BCUT2D eigenvalue weighted by molar-refractivity contribution is -0.135. The highest BCUT2D eigenvalue weighted by molar-refractivity contribution is 6.36. The minimum atomic E-state index is -1.18. The van der Waals surface area contributed by atoms with E-state index in [1.54, 1.807) is 0 Å². The fraction of sp³-hybridized carbons (Fsp3) is 0.526. The van der Waals surface area contributed by atoms with Crippen LogP contribution in [0, 0.1) is 11.2 Å². The third-order valence-corrected chi connectivity index (χ3v) is 6.62. The largest absolute Gasteiger partial charge is 0.475 e. The van der Waals surface area contributed by atoms with E-state index < -0.39 is 11.8 Å². The van der Waals surface area contributed by atoms with Gasteiger partial charge < -0.3 is 25.0 Å². The van der Waals surface area contributed by atoms with Gasteiger partial charge in [-0.15, -0.1) is 0 Å². The number of carboxylic acids is 1. The molecule has 8 heteroatoms. The van der Waals surface area contributed by atoms with Crippen molar-refractivity contribution >= 4 is 28.9 Å². The summed E-state index contributed by atoms with van der Waals surface area (Å²) in [6.45, 7) is 1.53. The summed E-state index contributed by atoms with van der Waals surface area (Å²) < 4.78 is 20.4. The molecule has 2 saturated carbocycles. The minimum absolute atomic E-state index is 0.168. The minimum Gasteiger partial charge on any atom is -0.475 e. The second-order valence-corrected chi connectivity index (χ2v) is 8.36. The third kappa shape index (κ3) is 2.59. The van der Waals surface area contributed by atoms with E-state index in [-0.39, 0.29) is 23.0 Å². The van der Waals surface area contributed by atoms with Crippen molar-refractivity contribution in [3.05, 3.63) is 28.9 Å². The van der Waals surface area contributed by atoms with Crippen molar-refractivity contribution in [2.45, 2.75) is 37.8 Å². The molecule has 1 aromatic rings. The molecule has 144 valence electrons. The van der Waals surface area contributed by atoms with E-state index in [1.807, 2.05) is 16.8 Å². The highest BCUT2D eigenvalue weighted by atomic mass is 35.5. The van der Waals surface area contributed by atoms with E-state index in [4.69, 9.17) is 16.3 Å². The highest BCUT2D eigenvalue weighted by Crippen LogP contribution is 2.56. The van der Waals surface area contributed by atoms with Crippen molar-refractivity contribution in [3.8, 4) is 5.75 Å². The molecule has 4 aliphatic rings. The van der Waals surface area contributed by atoms with Gasteiger partial charge in [0.25, 0.3) is 0 Å². The predicted molar refractivity (Wildman–Crippen MR) is 100.0 cm³/mol. The van der Waals surface area contributed by atoms with Gasteiger partial charge in [0, 0.05) is 36.7 Å². The summed E-state index contributed by atoms with van der Waals surface area (Å²) in [5, 5.41) is 12.9. The van der Waals surface area contributed by atoms with Crippen LogP contribution in [0.2, 0.25) is 5.02 Å². The molecular formula is C19H21ClFN3O3. The first-order chi connectivity index (χ1) is 12.9. The Kier molecular flexibility index (Phi) is 3.65. The maximum absolute atomic E-state index is 15.0. The number of hydrogen-bond donors (Lipinski definition) is 2. The molecule has 0 amide bonds. The Morgan fingerprint density at radius 2 is 2.22 bits per heavy atom. The number of benzene rings is 1. The standard InChI is InChI=1S/C19H21ClFN3O3/c1-22-14-7-19(14)4-5-23(9-19)16-11(21)6-12-17(15(16)20)24(10-2-3-10)8-13(27-12)18(25)26/h6,8,10,14,22H,2-5,7,9H2,1H3,(H,25,26). The molecule has 2 aliphatic heterocycles. The van der Waals surface area contributed by atoms with Crippen LogP contribution in [0.5, 0.6) is 5.75 Å². The molecule has 0 aromatic heterocycles. The number of carbonyl (C=O) groups is 1. The second-order valence-electron chi connectivity index (χ2n) is 7.99. The van der Waals surface area contributed by atoms with E-state index in [0.717, 1.165) is 38.8 Å². The van der Waals surface area contributed by atoms with Gasteiger partial charge in [-0.2, -0.15) is 0 Å². The SMILES string of the molecule is CNC1CC12CCN(c1c(F)cc3c(c1Cl)N(C1CC1)C=C(C(=O)O)O3)C2. The molecular weight excluding hydrogens is 373 g/mol. The topological polar surface area (TPSA) is 65.0 Å². The number of anilines is 2. The fourth-order valence-corrected chi connectivity index (χ4v) is 4.95. The van der Waals surface area contributed by atoms with Gasteiger partial charge in [0.05, 0.1) is 16.9 Å². The van der Waals surface area contributed by atoms with Crippen molar-refractivity contribution in [2.24, 2.45) is 5.41 Å². The fourth-order valence-electron chi connectivity index (χ4n) is 4.55. The summed E-state index contributed by atoms with van der Waals surface area (Å²) in [5.74, 6) is -1.70. The number of nitrogens with zero attached hydrogens (tertiary/aromatic N) is 2. The summed E-state index contributed by atoms with van der Waals surface area (Å²) in [6.07, 6.45) is 5.48. The lowest BCUT2D eigenvalue weighted by atomic mass is 10.1. The molecule has 2 aliphatic carbocycles. The molecule has 6 nitrogen and oxygen atoms in total. The van der Waals surface area contributed by atoms with E-state index >= 15 is 4.39 Å². The second kappa shape index (κ2) is 5.75. The van der Waals surface area contributed by atoms with Crippen molar-refractivity contribution in [3.63, 3.8) is 0 Å². The van der Waals surface area contributed by atoms with E-state index in [1.165, 1.54) is 12.3 Å². The van der Waals surface area contributed by atoms with Gasteiger partial charge in [0.15, 0.2) is 11.6 Å². The lowest BCUT2D eigenvalue weighted by Gasteiger charge is -2.31. The lowest BCUT2D eigenvalue weighted by Crippen LogP contribution is -2.29. The molecule has 5 rings (SSSR count). The summed E-state index contributed by atoms with van der Waals surface area (Å²) in [6, 6.07) is 1.93. The Labute approximate surface area is 161 Å². The number of halogens is 2. The normalized spacial score (nSPS) is 28.9. The maximum atomic E-state index is 15.0. The van der Waals surface area contributed by atoms with E-state index in [0.29, 0.717) is 22.4 Å². The first-order valence-corrected chi connectivity index (χ1v) is 9.67. The Bertz CT molecular complexity index is 872. The van der Waals surface area contributed by atoms with Crippen LogP contribution >= 0.6 is 11.6 Å². The molecule has 2 atom stereocenters. The van der Waals surface area contributed by atoms with Crippen molar-refractivity contribution < 1.29 is 19.0 Å². The van der Waals surface area contributed by atoms with Gasteiger partial charge in [0.1, 0.15) is 5.69 Å². The molecule has 2 heterocycles. The molecule has 1 spiro atoms. The summed E-state index contributed by atoms with van der Waals surface area (Å²) in [4.78, 5) is 15.2. The number of carboxylic acid groups (broad SMARTS) is 1. The van der Waals surface area contributed by atoms with Crippen molar-refractivity contribution in [1.82, 2.24) is 5.32 Å². The number of nitrogens with one attached hydrogen (secondary N) is 1. The van der Waals surface area contributed by atoms with Crippen LogP contribution in [0.3, 0.4) is 0 Å². The summed E-state index contributed by atoms with van der Waals surface area (Å²) >= 11 is 6.69. The van der Waals surface area contributed by atoms with Gasteiger partial charge in [-0.25, -0.2) is 9.18 Å². The number of rotatable bonds is 4. The molecule has 27 heavy (non-hydrogen) atoms. The van der Waals surface area contributed by atoms with Crippen molar-refractivity contribution in [2.75, 3.05) is 29.9 Å². The summed E-state index contributed by atoms with van der Waals surface area (Å²) in [5.41, 5.74) is 1.18. The summed E-state index contributed by atoms with van der Waals surface area (Å²) in [7, 11) is 1.96. The van der Waals surface area contributed by atoms with E-state index in [2.05, 4.69) is 5.32 Å². The Hall–Kier alpha value is -1.99. The van der Waals surface area contributed by atoms with Crippen LogP contribution < -0.4 is 19.9 Å². The monoisotopic (exact) mass is 393 g/mol. The molecule has 0 bridgehead atoms. The van der Waals surface area contributed by atoms with Gasteiger partial charge in [0.2, 0.25) is 5.76 Å². The van der Waals surface area contributed by atoms with Crippen LogP contribution in [-0.4, -0.2) is 43.3 Å². The van der Waals surface area contributed by atoms with Gasteiger partial charge in [-0.05, 0) is 32.7 Å². The number of ether oxygens (including phenoxy) is 1. The third-order valence-electron chi connectivity index (χ3n) is 6.26. The molecule has 0 radical (unpaired) electrons. The van der Waals surface area contributed by atoms with Gasteiger partial charge in [-0.1, -0.05) is 11.6 Å². The quantitative estimate of drug-likeness (QED) is 0.820. The first-order valence-electron chi connectivity index (χ1n) is 9.29. The van der Waals surface area contributed by atoms with E-state index in [9.17, 15) is 9.90 Å². The average Bonchev–Trinajstić information content (AvgIpc) is 3.52. The highest BCUT2D eigenvalue weighted by Gasteiger charge is 2.57. The zero-order valence-electron chi connectivity index (χ0n) is 15.0. The van der Waals surface area contributed by atoms with Crippen LogP contribution in [0.1, 0.15) is 25.7 Å². The average molecular weight is 394 g/mol.